The number of ether oxygens (including phenoxy) is 1. The number of nitrogens with zero attached hydrogens (tertiary/aromatic N) is 1. The van der Waals surface area contributed by atoms with Crippen LogP contribution in [0.2, 0.25) is 0 Å². The molecule has 5 heteroatoms. The van der Waals surface area contributed by atoms with Crippen molar-refractivity contribution >= 4 is 23.2 Å². The Morgan fingerprint density at radius 3 is 2.09 bits per heavy atom. The standard InChI is InChI=1S/C28H32N2O3/c1-3-4-5-6-10-21-33-26-19-15-22(16-20-26)27(31)29-24-17-13-23(14-18-24)28(32)30(2)25-11-8-7-9-12-25/h7-9,11-20H,3-6,10,21H2,1-2H3,(H,29,31). The molecular formula is C28H32N2O3. The molecule has 172 valence electrons. The Labute approximate surface area is 196 Å². The van der Waals surface area contributed by atoms with E-state index in [1.54, 1.807) is 48.3 Å². The van der Waals surface area contributed by atoms with Crippen LogP contribution >= 0.6 is 0 Å². The quantitative estimate of drug-likeness (QED) is 0.341. The highest BCUT2D eigenvalue weighted by Crippen LogP contribution is 2.18. The Kier molecular flexibility index (Phi) is 9.07. The summed E-state index contributed by atoms with van der Waals surface area (Å²) in [4.78, 5) is 26.9. The van der Waals surface area contributed by atoms with E-state index in [9.17, 15) is 9.59 Å². The summed E-state index contributed by atoms with van der Waals surface area (Å²) in [5.41, 5.74) is 2.56. The molecule has 3 rings (SSSR count). The van der Waals surface area contributed by atoms with Crippen LogP contribution in [0.25, 0.3) is 0 Å². The Bertz CT molecular complexity index is 1020. The summed E-state index contributed by atoms with van der Waals surface area (Å²) >= 11 is 0. The number of para-hydroxylation sites is 1. The van der Waals surface area contributed by atoms with Gasteiger partial charge in [-0.1, -0.05) is 50.8 Å². The zero-order valence-corrected chi connectivity index (χ0v) is 19.4. The fourth-order valence-corrected chi connectivity index (χ4v) is 3.46. The predicted molar refractivity (Wildman–Crippen MR) is 134 cm³/mol. The minimum absolute atomic E-state index is 0.111. The third-order valence-corrected chi connectivity index (χ3v) is 5.47. The van der Waals surface area contributed by atoms with Crippen LogP contribution in [0.5, 0.6) is 5.75 Å². The highest BCUT2D eigenvalue weighted by molar-refractivity contribution is 6.07. The van der Waals surface area contributed by atoms with Crippen molar-refractivity contribution in [1.29, 1.82) is 0 Å². The van der Waals surface area contributed by atoms with Crippen molar-refractivity contribution in [2.45, 2.75) is 39.0 Å². The maximum atomic E-state index is 12.7. The van der Waals surface area contributed by atoms with Crippen LogP contribution in [0.1, 0.15) is 59.7 Å². The van der Waals surface area contributed by atoms with Gasteiger partial charge in [0.2, 0.25) is 0 Å². The first kappa shape index (κ1) is 24.1. The SMILES string of the molecule is CCCCCCCOc1ccc(C(=O)Nc2ccc(C(=O)N(C)c3ccccc3)cc2)cc1. The number of amides is 2. The number of anilines is 2. The molecule has 0 atom stereocenters. The van der Waals surface area contributed by atoms with Crippen LogP contribution in [0.4, 0.5) is 11.4 Å². The second-order valence-corrected chi connectivity index (χ2v) is 8.02. The molecule has 0 saturated heterocycles. The Balaban J connectivity index is 1.50. The molecule has 0 bridgehead atoms. The summed E-state index contributed by atoms with van der Waals surface area (Å²) in [5.74, 6) is 0.453. The van der Waals surface area contributed by atoms with Crippen molar-refractivity contribution < 1.29 is 14.3 Å². The second kappa shape index (κ2) is 12.4. The lowest BCUT2D eigenvalue weighted by atomic mass is 10.1. The largest absolute Gasteiger partial charge is 0.494 e. The van der Waals surface area contributed by atoms with Gasteiger partial charge >= 0.3 is 0 Å². The average Bonchev–Trinajstić information content (AvgIpc) is 2.86. The van der Waals surface area contributed by atoms with Gasteiger partial charge in [0.05, 0.1) is 6.61 Å². The number of unbranched alkanes of at least 4 members (excludes halogenated alkanes) is 4. The van der Waals surface area contributed by atoms with E-state index in [4.69, 9.17) is 4.74 Å². The maximum Gasteiger partial charge on any atom is 0.258 e. The van der Waals surface area contributed by atoms with Crippen LogP contribution in [0.3, 0.4) is 0 Å². The highest BCUT2D eigenvalue weighted by Gasteiger charge is 2.13. The third-order valence-electron chi connectivity index (χ3n) is 5.47. The lowest BCUT2D eigenvalue weighted by molar-refractivity contribution is 0.0991. The Morgan fingerprint density at radius 1 is 0.788 bits per heavy atom. The molecule has 0 spiro atoms. The van der Waals surface area contributed by atoms with Gasteiger partial charge in [-0.2, -0.15) is 0 Å². The van der Waals surface area contributed by atoms with Crippen LogP contribution in [-0.2, 0) is 0 Å². The molecule has 3 aromatic carbocycles. The van der Waals surface area contributed by atoms with Gasteiger partial charge in [-0.3, -0.25) is 9.59 Å². The summed E-state index contributed by atoms with van der Waals surface area (Å²) in [6, 6.07) is 23.5. The van der Waals surface area contributed by atoms with E-state index >= 15 is 0 Å². The fourth-order valence-electron chi connectivity index (χ4n) is 3.46. The lowest BCUT2D eigenvalue weighted by Gasteiger charge is -2.17. The molecule has 0 fully saturated rings. The summed E-state index contributed by atoms with van der Waals surface area (Å²) in [7, 11) is 1.74. The van der Waals surface area contributed by atoms with Crippen molar-refractivity contribution in [3.8, 4) is 5.75 Å². The van der Waals surface area contributed by atoms with Crippen molar-refractivity contribution in [3.63, 3.8) is 0 Å². The molecule has 0 aliphatic heterocycles. The molecule has 1 N–H and O–H groups in total. The predicted octanol–water partition coefficient (Wildman–Crippen LogP) is 6.56. The molecule has 2 amide bonds. The van der Waals surface area contributed by atoms with E-state index in [2.05, 4.69) is 12.2 Å². The minimum atomic E-state index is -0.207. The van der Waals surface area contributed by atoms with Crippen molar-refractivity contribution in [2.75, 3.05) is 23.9 Å². The molecule has 0 radical (unpaired) electrons. The van der Waals surface area contributed by atoms with Crippen LogP contribution < -0.4 is 15.0 Å². The van der Waals surface area contributed by atoms with E-state index in [-0.39, 0.29) is 11.8 Å². The van der Waals surface area contributed by atoms with E-state index < -0.39 is 0 Å². The minimum Gasteiger partial charge on any atom is -0.494 e. The summed E-state index contributed by atoms with van der Waals surface area (Å²) in [6.45, 7) is 2.90. The molecule has 0 aliphatic rings. The summed E-state index contributed by atoms with van der Waals surface area (Å²) in [5, 5.41) is 2.87. The average molecular weight is 445 g/mol. The smallest absolute Gasteiger partial charge is 0.258 e. The molecule has 33 heavy (non-hydrogen) atoms. The maximum absolute atomic E-state index is 12.7. The molecule has 5 nitrogen and oxygen atoms in total. The molecule has 0 aliphatic carbocycles. The van der Waals surface area contributed by atoms with Crippen molar-refractivity contribution in [3.05, 3.63) is 90.0 Å². The first-order valence-corrected chi connectivity index (χ1v) is 11.6. The number of rotatable bonds is 11. The number of benzene rings is 3. The summed E-state index contributed by atoms with van der Waals surface area (Å²) < 4.78 is 5.76. The zero-order valence-electron chi connectivity index (χ0n) is 19.4. The highest BCUT2D eigenvalue weighted by atomic mass is 16.5. The Hall–Kier alpha value is -3.60. The monoisotopic (exact) mass is 444 g/mol. The number of hydrogen-bond acceptors (Lipinski definition) is 3. The van der Waals surface area contributed by atoms with E-state index in [0.717, 1.165) is 17.9 Å². The molecule has 0 unspecified atom stereocenters. The first-order valence-electron chi connectivity index (χ1n) is 11.6. The van der Waals surface area contributed by atoms with E-state index in [0.29, 0.717) is 23.4 Å². The van der Waals surface area contributed by atoms with Crippen molar-refractivity contribution in [1.82, 2.24) is 0 Å². The zero-order chi connectivity index (χ0) is 23.5. The molecular weight excluding hydrogens is 412 g/mol. The van der Waals surface area contributed by atoms with Gasteiger partial charge in [0, 0.05) is 29.5 Å². The molecule has 0 heterocycles. The van der Waals surface area contributed by atoms with E-state index in [1.165, 1.54) is 25.7 Å². The van der Waals surface area contributed by atoms with Gasteiger partial charge in [-0.25, -0.2) is 0 Å². The van der Waals surface area contributed by atoms with E-state index in [1.807, 2.05) is 42.5 Å². The number of hydrogen-bond donors (Lipinski definition) is 1. The van der Waals surface area contributed by atoms with Gasteiger partial charge in [0.25, 0.3) is 11.8 Å². The molecule has 0 saturated carbocycles. The molecule has 3 aromatic rings. The molecule has 0 aromatic heterocycles. The van der Waals surface area contributed by atoms with Gasteiger partial charge in [-0.05, 0) is 67.1 Å². The van der Waals surface area contributed by atoms with Crippen LogP contribution in [0.15, 0.2) is 78.9 Å². The number of nitrogens with one attached hydrogen (secondary N) is 1. The summed E-state index contributed by atoms with van der Waals surface area (Å²) in [6.07, 6.45) is 5.98. The van der Waals surface area contributed by atoms with Gasteiger partial charge in [0.15, 0.2) is 0 Å². The first-order chi connectivity index (χ1) is 16.1. The third kappa shape index (κ3) is 7.21. The Morgan fingerprint density at radius 2 is 1.42 bits per heavy atom. The fraction of sp³-hybridized carbons (Fsp3) is 0.286. The number of carbonyl (C=O) groups excluding carboxylic acids is 2. The van der Waals surface area contributed by atoms with Crippen LogP contribution in [-0.4, -0.2) is 25.5 Å². The van der Waals surface area contributed by atoms with Crippen molar-refractivity contribution in [2.24, 2.45) is 0 Å². The topological polar surface area (TPSA) is 58.6 Å². The van der Waals surface area contributed by atoms with Gasteiger partial charge in [0.1, 0.15) is 5.75 Å². The van der Waals surface area contributed by atoms with Crippen LogP contribution in [0, 0.1) is 0 Å². The lowest BCUT2D eigenvalue weighted by Crippen LogP contribution is -2.26. The normalized spacial score (nSPS) is 10.5. The van der Waals surface area contributed by atoms with Gasteiger partial charge in [-0.15, -0.1) is 0 Å². The number of carbonyl (C=O) groups is 2. The second-order valence-electron chi connectivity index (χ2n) is 8.02. The van der Waals surface area contributed by atoms with Gasteiger partial charge < -0.3 is 15.0 Å².